The van der Waals surface area contributed by atoms with Crippen LogP contribution >= 0.6 is 23.2 Å². The highest BCUT2D eigenvalue weighted by Crippen LogP contribution is 2.23. The maximum atomic E-state index is 12.1. The van der Waals surface area contributed by atoms with Gasteiger partial charge in [0.1, 0.15) is 0 Å². The standard InChI is InChI=1S/C23H38Cl2O3S/c1-2-3-4-5-6-7-8-9-10-11-12-13-14-15-16-17-28-29(26,27)23-19-21(24)18-22(25)20-23/h18-20H,2-17H2,1H3. The van der Waals surface area contributed by atoms with Crippen molar-refractivity contribution in [1.82, 2.24) is 0 Å². The van der Waals surface area contributed by atoms with E-state index in [1.807, 2.05) is 0 Å². The molecule has 0 aromatic heterocycles. The van der Waals surface area contributed by atoms with Gasteiger partial charge in [-0.15, -0.1) is 0 Å². The van der Waals surface area contributed by atoms with Crippen LogP contribution in [0.3, 0.4) is 0 Å². The molecule has 0 atom stereocenters. The third-order valence-corrected chi connectivity index (χ3v) is 6.84. The third-order valence-electron chi connectivity index (χ3n) is 5.11. The number of hydrogen-bond donors (Lipinski definition) is 0. The zero-order valence-electron chi connectivity index (χ0n) is 17.9. The van der Waals surface area contributed by atoms with E-state index in [-0.39, 0.29) is 21.5 Å². The summed E-state index contributed by atoms with van der Waals surface area (Å²) in [6.45, 7) is 2.46. The van der Waals surface area contributed by atoms with Crippen molar-refractivity contribution in [3.63, 3.8) is 0 Å². The summed E-state index contributed by atoms with van der Waals surface area (Å²) in [4.78, 5) is 0.0101. The molecule has 0 unspecified atom stereocenters. The molecule has 0 saturated heterocycles. The first-order valence-electron chi connectivity index (χ1n) is 11.3. The molecular weight excluding hydrogens is 427 g/mol. The highest BCUT2D eigenvalue weighted by atomic mass is 35.5. The molecule has 1 aromatic carbocycles. The monoisotopic (exact) mass is 464 g/mol. The van der Waals surface area contributed by atoms with Crippen LogP contribution in [0.2, 0.25) is 10.0 Å². The van der Waals surface area contributed by atoms with Crippen molar-refractivity contribution in [1.29, 1.82) is 0 Å². The van der Waals surface area contributed by atoms with Gasteiger partial charge in [0.2, 0.25) is 0 Å². The second kappa shape index (κ2) is 16.4. The minimum atomic E-state index is -3.79. The number of hydrogen-bond acceptors (Lipinski definition) is 3. The van der Waals surface area contributed by atoms with Crippen molar-refractivity contribution in [2.45, 2.75) is 108 Å². The summed E-state index contributed by atoms with van der Waals surface area (Å²) in [5, 5.41) is 0.568. The molecule has 0 fully saturated rings. The average Bonchev–Trinajstić information content (AvgIpc) is 2.67. The van der Waals surface area contributed by atoms with Crippen LogP contribution in [0.1, 0.15) is 103 Å². The fourth-order valence-corrected chi connectivity index (χ4v) is 5.05. The molecule has 1 rings (SSSR count). The van der Waals surface area contributed by atoms with E-state index in [0.717, 1.165) is 19.3 Å². The van der Waals surface area contributed by atoms with Gasteiger partial charge in [-0.05, 0) is 24.6 Å². The Hall–Kier alpha value is -0.290. The fourth-order valence-electron chi connectivity index (χ4n) is 3.38. The van der Waals surface area contributed by atoms with E-state index in [4.69, 9.17) is 27.4 Å². The maximum absolute atomic E-state index is 12.1. The molecule has 0 radical (unpaired) electrons. The topological polar surface area (TPSA) is 43.4 Å². The van der Waals surface area contributed by atoms with E-state index in [9.17, 15) is 8.42 Å². The molecule has 0 N–H and O–H groups in total. The molecule has 0 aliphatic heterocycles. The summed E-state index contributed by atoms with van der Waals surface area (Å²) in [5.74, 6) is 0. The molecule has 29 heavy (non-hydrogen) atoms. The van der Waals surface area contributed by atoms with E-state index < -0.39 is 10.1 Å². The molecule has 0 amide bonds. The summed E-state index contributed by atoms with van der Waals surface area (Å²) >= 11 is 11.7. The summed E-state index contributed by atoms with van der Waals surface area (Å²) < 4.78 is 29.4. The highest BCUT2D eigenvalue weighted by Gasteiger charge is 2.16. The van der Waals surface area contributed by atoms with Crippen molar-refractivity contribution < 1.29 is 12.6 Å². The van der Waals surface area contributed by atoms with Gasteiger partial charge < -0.3 is 0 Å². The Morgan fingerprint density at radius 3 is 1.45 bits per heavy atom. The van der Waals surface area contributed by atoms with Crippen molar-refractivity contribution in [3.8, 4) is 0 Å². The van der Waals surface area contributed by atoms with Crippen molar-refractivity contribution >= 4 is 33.3 Å². The smallest absolute Gasteiger partial charge is 0.266 e. The van der Waals surface area contributed by atoms with Gasteiger partial charge in [-0.1, -0.05) is 120 Å². The largest absolute Gasteiger partial charge is 0.297 e. The van der Waals surface area contributed by atoms with Crippen molar-refractivity contribution in [2.75, 3.05) is 6.61 Å². The molecule has 0 heterocycles. The zero-order valence-corrected chi connectivity index (χ0v) is 20.3. The van der Waals surface area contributed by atoms with Crippen LogP contribution in [0, 0.1) is 0 Å². The zero-order chi connectivity index (χ0) is 21.4. The van der Waals surface area contributed by atoms with Gasteiger partial charge in [-0.2, -0.15) is 8.42 Å². The lowest BCUT2D eigenvalue weighted by Gasteiger charge is -2.07. The lowest BCUT2D eigenvalue weighted by atomic mass is 10.0. The SMILES string of the molecule is CCCCCCCCCCCCCCCCCOS(=O)(=O)c1cc(Cl)cc(Cl)c1. The number of rotatable bonds is 18. The van der Waals surface area contributed by atoms with Crippen LogP contribution in [0.4, 0.5) is 0 Å². The molecule has 6 heteroatoms. The molecule has 1 aromatic rings. The highest BCUT2D eigenvalue weighted by molar-refractivity contribution is 7.86. The predicted octanol–water partition coefficient (Wildman–Crippen LogP) is 8.57. The van der Waals surface area contributed by atoms with E-state index in [1.54, 1.807) is 0 Å². The lowest BCUT2D eigenvalue weighted by Crippen LogP contribution is -2.07. The minimum Gasteiger partial charge on any atom is -0.266 e. The molecule has 0 spiro atoms. The number of benzene rings is 1. The summed E-state index contributed by atoms with van der Waals surface area (Å²) in [6, 6.07) is 4.21. The van der Waals surface area contributed by atoms with Gasteiger partial charge in [-0.3, -0.25) is 4.18 Å². The average molecular weight is 466 g/mol. The van der Waals surface area contributed by atoms with E-state index in [1.165, 1.54) is 95.2 Å². The number of halogens is 2. The first kappa shape index (κ1) is 26.7. The Kier molecular flexibility index (Phi) is 15.1. The molecule has 0 aliphatic rings. The summed E-state index contributed by atoms with van der Waals surface area (Å²) in [6.07, 6.45) is 19.1. The normalized spacial score (nSPS) is 11.8. The maximum Gasteiger partial charge on any atom is 0.297 e. The summed E-state index contributed by atoms with van der Waals surface area (Å²) in [5.41, 5.74) is 0. The molecule has 0 bridgehead atoms. The Morgan fingerprint density at radius 2 is 1.03 bits per heavy atom. The quantitative estimate of drug-likeness (QED) is 0.161. The van der Waals surface area contributed by atoms with Gasteiger partial charge in [0, 0.05) is 10.0 Å². The molecule has 3 nitrogen and oxygen atoms in total. The van der Waals surface area contributed by atoms with Gasteiger partial charge >= 0.3 is 0 Å². The van der Waals surface area contributed by atoms with Crippen LogP contribution < -0.4 is 0 Å². The third kappa shape index (κ3) is 13.6. The first-order chi connectivity index (χ1) is 14.0. The molecule has 0 aliphatic carbocycles. The Bertz CT molecular complexity index is 627. The van der Waals surface area contributed by atoms with Gasteiger partial charge in [0.05, 0.1) is 11.5 Å². The first-order valence-corrected chi connectivity index (χ1v) is 13.5. The second-order valence-corrected chi connectivity index (χ2v) is 10.3. The lowest BCUT2D eigenvalue weighted by molar-refractivity contribution is 0.306. The molecule has 0 saturated carbocycles. The van der Waals surface area contributed by atoms with E-state index in [2.05, 4.69) is 6.92 Å². The minimum absolute atomic E-state index is 0.0101. The number of unbranched alkanes of at least 4 members (excludes halogenated alkanes) is 14. The predicted molar refractivity (Wildman–Crippen MR) is 125 cm³/mol. The van der Waals surface area contributed by atoms with Crippen LogP contribution in [-0.2, 0) is 14.3 Å². The van der Waals surface area contributed by atoms with Crippen LogP contribution in [0.25, 0.3) is 0 Å². The Labute approximate surface area is 188 Å². The summed E-state index contributed by atoms with van der Waals surface area (Å²) in [7, 11) is -3.79. The van der Waals surface area contributed by atoms with Gasteiger partial charge in [0.25, 0.3) is 10.1 Å². The van der Waals surface area contributed by atoms with Crippen molar-refractivity contribution in [3.05, 3.63) is 28.2 Å². The fraction of sp³-hybridized carbons (Fsp3) is 0.739. The van der Waals surface area contributed by atoms with Crippen LogP contribution in [0.5, 0.6) is 0 Å². The second-order valence-electron chi connectivity index (χ2n) is 7.83. The molecular formula is C23H38Cl2O3S. The van der Waals surface area contributed by atoms with E-state index in [0.29, 0.717) is 0 Å². The Balaban J connectivity index is 1.94. The van der Waals surface area contributed by atoms with Crippen LogP contribution in [0.15, 0.2) is 23.1 Å². The van der Waals surface area contributed by atoms with Crippen LogP contribution in [-0.4, -0.2) is 15.0 Å². The van der Waals surface area contributed by atoms with E-state index >= 15 is 0 Å². The van der Waals surface area contributed by atoms with Gasteiger partial charge in [-0.25, -0.2) is 0 Å². The van der Waals surface area contributed by atoms with Gasteiger partial charge in [0.15, 0.2) is 0 Å². The molecule has 168 valence electrons. The Morgan fingerprint density at radius 1 is 0.655 bits per heavy atom. The van der Waals surface area contributed by atoms with Crippen molar-refractivity contribution in [2.24, 2.45) is 0 Å².